The predicted molar refractivity (Wildman–Crippen MR) is 84.5 cm³/mol. The maximum atomic E-state index is 11.7. The van der Waals surface area contributed by atoms with Crippen molar-refractivity contribution < 1.29 is 14.1 Å². The van der Waals surface area contributed by atoms with Crippen LogP contribution in [-0.4, -0.2) is 35.0 Å². The van der Waals surface area contributed by atoms with Crippen LogP contribution in [-0.2, 0) is 16.0 Å². The van der Waals surface area contributed by atoms with Gasteiger partial charge in [0.1, 0.15) is 0 Å². The molecule has 122 valence electrons. The number of hydrogen-bond donors (Lipinski definition) is 2. The van der Waals surface area contributed by atoms with Crippen molar-refractivity contribution >= 4 is 11.8 Å². The van der Waals surface area contributed by atoms with Crippen LogP contribution >= 0.6 is 0 Å². The van der Waals surface area contributed by atoms with Crippen LogP contribution in [0.3, 0.4) is 0 Å². The van der Waals surface area contributed by atoms with E-state index in [9.17, 15) is 9.59 Å². The minimum absolute atomic E-state index is 0.0227. The number of carbonyl (C=O) groups excluding carboxylic acids is 2. The van der Waals surface area contributed by atoms with Crippen LogP contribution in [0.25, 0.3) is 11.4 Å². The third-order valence-corrected chi connectivity index (χ3v) is 3.16. The van der Waals surface area contributed by atoms with Crippen LogP contribution in [0.15, 0.2) is 28.8 Å². The van der Waals surface area contributed by atoms with E-state index in [1.807, 2.05) is 38.1 Å². The summed E-state index contributed by atoms with van der Waals surface area (Å²) in [6, 6.07) is 7.78. The van der Waals surface area contributed by atoms with Crippen molar-refractivity contribution in [3.8, 4) is 11.4 Å². The number of carbonyl (C=O) groups is 2. The van der Waals surface area contributed by atoms with E-state index in [0.717, 1.165) is 11.1 Å². The van der Waals surface area contributed by atoms with Crippen LogP contribution in [0, 0.1) is 6.92 Å². The molecule has 0 aliphatic heterocycles. The van der Waals surface area contributed by atoms with Gasteiger partial charge in [-0.3, -0.25) is 9.59 Å². The first-order valence-corrected chi connectivity index (χ1v) is 7.51. The molecule has 0 spiro atoms. The Kier molecular flexibility index (Phi) is 5.85. The summed E-state index contributed by atoms with van der Waals surface area (Å²) in [5, 5.41) is 9.06. The lowest BCUT2D eigenvalue weighted by Gasteiger charge is -2.03. The number of aryl methyl sites for hydroxylation is 2. The van der Waals surface area contributed by atoms with Gasteiger partial charge in [0.15, 0.2) is 0 Å². The van der Waals surface area contributed by atoms with Crippen molar-refractivity contribution in [2.45, 2.75) is 26.7 Å². The Morgan fingerprint density at radius 2 is 1.87 bits per heavy atom. The molecule has 0 fully saturated rings. The van der Waals surface area contributed by atoms with Gasteiger partial charge in [-0.15, -0.1) is 0 Å². The van der Waals surface area contributed by atoms with Crippen molar-refractivity contribution in [1.82, 2.24) is 20.8 Å². The van der Waals surface area contributed by atoms with E-state index in [1.165, 1.54) is 0 Å². The van der Waals surface area contributed by atoms with Crippen LogP contribution in [0.5, 0.6) is 0 Å². The van der Waals surface area contributed by atoms with Gasteiger partial charge in [-0.1, -0.05) is 35.0 Å². The van der Waals surface area contributed by atoms with Gasteiger partial charge in [0.25, 0.3) is 0 Å². The van der Waals surface area contributed by atoms with Gasteiger partial charge < -0.3 is 15.2 Å². The Bertz CT molecular complexity index is 664. The molecule has 0 atom stereocenters. The highest BCUT2D eigenvalue weighted by Gasteiger charge is 2.11. The van der Waals surface area contributed by atoms with E-state index < -0.39 is 0 Å². The number of aromatic nitrogens is 2. The van der Waals surface area contributed by atoms with Crippen molar-refractivity contribution in [2.24, 2.45) is 0 Å². The fourth-order valence-corrected chi connectivity index (χ4v) is 1.92. The summed E-state index contributed by atoms with van der Waals surface area (Å²) in [4.78, 5) is 27.2. The van der Waals surface area contributed by atoms with Crippen molar-refractivity contribution in [1.29, 1.82) is 0 Å². The molecule has 0 aliphatic carbocycles. The molecule has 0 unspecified atom stereocenters. The van der Waals surface area contributed by atoms with E-state index in [2.05, 4.69) is 20.8 Å². The van der Waals surface area contributed by atoms with Gasteiger partial charge >= 0.3 is 0 Å². The topological polar surface area (TPSA) is 97.1 Å². The zero-order valence-electron chi connectivity index (χ0n) is 13.3. The minimum Gasteiger partial charge on any atom is -0.355 e. The first kappa shape index (κ1) is 16.7. The van der Waals surface area contributed by atoms with Crippen LogP contribution in [0.2, 0.25) is 0 Å². The number of hydrogen-bond acceptors (Lipinski definition) is 5. The minimum atomic E-state index is -0.230. The predicted octanol–water partition coefficient (Wildman–Crippen LogP) is 1.23. The van der Waals surface area contributed by atoms with Gasteiger partial charge in [0, 0.05) is 24.9 Å². The molecule has 0 radical (unpaired) electrons. The lowest BCUT2D eigenvalue weighted by Crippen LogP contribution is -2.36. The smallest absolute Gasteiger partial charge is 0.239 e. The van der Waals surface area contributed by atoms with Gasteiger partial charge in [0.2, 0.25) is 23.5 Å². The highest BCUT2D eigenvalue weighted by atomic mass is 16.5. The van der Waals surface area contributed by atoms with E-state index in [0.29, 0.717) is 24.7 Å². The Balaban J connectivity index is 1.81. The van der Waals surface area contributed by atoms with Crippen LogP contribution in [0.1, 0.15) is 24.8 Å². The standard InChI is InChI=1S/C16H20N4O3/c1-3-17-14(22)10-18-13(21)8-9-15-19-16(20-23-15)12-6-4-11(2)5-7-12/h4-7H,3,8-10H2,1-2H3,(H,17,22)(H,18,21). The fraction of sp³-hybridized carbons (Fsp3) is 0.375. The first-order valence-electron chi connectivity index (χ1n) is 7.51. The Morgan fingerprint density at radius 1 is 1.13 bits per heavy atom. The second kappa shape index (κ2) is 8.07. The molecular weight excluding hydrogens is 296 g/mol. The van der Waals surface area contributed by atoms with E-state index >= 15 is 0 Å². The van der Waals surface area contributed by atoms with E-state index in [1.54, 1.807) is 0 Å². The number of nitrogens with zero attached hydrogens (tertiary/aromatic N) is 2. The summed E-state index contributed by atoms with van der Waals surface area (Å²) in [5.74, 6) is 0.461. The average molecular weight is 316 g/mol. The van der Waals surface area contributed by atoms with E-state index in [-0.39, 0.29) is 24.8 Å². The lowest BCUT2D eigenvalue weighted by molar-refractivity contribution is -0.126. The largest absolute Gasteiger partial charge is 0.355 e. The van der Waals surface area contributed by atoms with E-state index in [4.69, 9.17) is 4.52 Å². The van der Waals surface area contributed by atoms with Gasteiger partial charge in [-0.05, 0) is 13.8 Å². The third-order valence-electron chi connectivity index (χ3n) is 3.16. The number of likely N-dealkylation sites (N-methyl/N-ethyl adjacent to an activating group) is 1. The molecule has 7 nitrogen and oxygen atoms in total. The number of benzene rings is 1. The summed E-state index contributed by atoms with van der Waals surface area (Å²) < 4.78 is 5.14. The first-order chi connectivity index (χ1) is 11.1. The molecule has 0 bridgehead atoms. The molecule has 2 aromatic rings. The highest BCUT2D eigenvalue weighted by molar-refractivity contribution is 5.84. The fourth-order valence-electron chi connectivity index (χ4n) is 1.92. The summed E-state index contributed by atoms with van der Waals surface area (Å²) >= 11 is 0. The summed E-state index contributed by atoms with van der Waals surface area (Å²) in [7, 11) is 0. The molecule has 1 heterocycles. The summed E-state index contributed by atoms with van der Waals surface area (Å²) in [6.07, 6.45) is 0.523. The Morgan fingerprint density at radius 3 is 2.57 bits per heavy atom. The summed E-state index contributed by atoms with van der Waals surface area (Å²) in [5.41, 5.74) is 2.02. The van der Waals surface area contributed by atoms with Crippen molar-refractivity contribution in [3.05, 3.63) is 35.7 Å². The number of rotatable bonds is 7. The zero-order valence-corrected chi connectivity index (χ0v) is 13.3. The molecule has 1 aromatic heterocycles. The molecule has 2 rings (SSSR count). The summed E-state index contributed by atoms with van der Waals surface area (Å²) in [6.45, 7) is 4.34. The zero-order chi connectivity index (χ0) is 16.7. The average Bonchev–Trinajstić information content (AvgIpc) is 3.01. The monoisotopic (exact) mass is 316 g/mol. The maximum Gasteiger partial charge on any atom is 0.239 e. The molecular formula is C16H20N4O3. The number of amides is 2. The maximum absolute atomic E-state index is 11.7. The molecule has 2 amide bonds. The Hall–Kier alpha value is -2.70. The third kappa shape index (κ3) is 5.21. The molecule has 0 saturated carbocycles. The molecule has 1 aromatic carbocycles. The SMILES string of the molecule is CCNC(=O)CNC(=O)CCc1nc(-c2ccc(C)cc2)no1. The van der Waals surface area contributed by atoms with Gasteiger partial charge in [0.05, 0.1) is 6.54 Å². The second-order valence-corrected chi connectivity index (χ2v) is 5.11. The molecule has 0 saturated heterocycles. The van der Waals surface area contributed by atoms with Crippen molar-refractivity contribution in [2.75, 3.05) is 13.1 Å². The van der Waals surface area contributed by atoms with Crippen LogP contribution in [0.4, 0.5) is 0 Å². The number of nitrogens with one attached hydrogen (secondary N) is 2. The molecule has 7 heteroatoms. The quantitative estimate of drug-likeness (QED) is 0.801. The normalized spacial score (nSPS) is 10.3. The molecule has 0 aliphatic rings. The van der Waals surface area contributed by atoms with Gasteiger partial charge in [-0.2, -0.15) is 4.98 Å². The molecule has 2 N–H and O–H groups in total. The lowest BCUT2D eigenvalue weighted by atomic mass is 10.1. The Labute approximate surface area is 134 Å². The van der Waals surface area contributed by atoms with Gasteiger partial charge in [-0.25, -0.2) is 0 Å². The van der Waals surface area contributed by atoms with Crippen molar-refractivity contribution in [3.63, 3.8) is 0 Å². The highest BCUT2D eigenvalue weighted by Crippen LogP contribution is 2.16. The molecule has 23 heavy (non-hydrogen) atoms. The second-order valence-electron chi connectivity index (χ2n) is 5.11. The van der Waals surface area contributed by atoms with Crippen LogP contribution < -0.4 is 10.6 Å².